The Kier molecular flexibility index (Phi) is 4.25. The van der Waals surface area contributed by atoms with Crippen LogP contribution < -0.4 is 5.32 Å². The van der Waals surface area contributed by atoms with Gasteiger partial charge in [-0.1, -0.05) is 34.1 Å². The van der Waals surface area contributed by atoms with Crippen molar-refractivity contribution >= 4 is 32.9 Å². The number of carbonyl (C=O) groups is 1. The summed E-state index contributed by atoms with van der Waals surface area (Å²) in [4.78, 5) is 20.1. The Morgan fingerprint density at radius 2 is 1.96 bits per heavy atom. The largest absolute Gasteiger partial charge is 0.436 e. The first-order valence-electron chi connectivity index (χ1n) is 9.36. The molecular weight excluding hydrogens is 406 g/mol. The zero-order chi connectivity index (χ0) is 18.4. The van der Waals surface area contributed by atoms with Gasteiger partial charge in [0.25, 0.3) is 5.91 Å². The van der Waals surface area contributed by atoms with Crippen LogP contribution >= 0.6 is 15.9 Å². The number of nitrogens with zero attached hydrogens (tertiary/aromatic N) is 2. The van der Waals surface area contributed by atoms with E-state index >= 15 is 0 Å². The third kappa shape index (κ3) is 3.17. The van der Waals surface area contributed by atoms with Gasteiger partial charge in [-0.3, -0.25) is 4.79 Å². The quantitative estimate of drug-likeness (QED) is 0.686. The smallest absolute Gasteiger partial charge is 0.253 e. The van der Waals surface area contributed by atoms with Crippen molar-refractivity contribution in [1.82, 2.24) is 15.2 Å². The summed E-state index contributed by atoms with van der Waals surface area (Å²) in [5.41, 5.74) is 2.67. The number of fused-ring (bicyclic) bond motifs is 4. The molecule has 4 heterocycles. The number of carbonyl (C=O) groups excluding carboxylic acids is 1. The molecule has 0 aliphatic carbocycles. The van der Waals surface area contributed by atoms with Gasteiger partial charge in [-0.2, -0.15) is 0 Å². The molecule has 0 saturated carbocycles. The highest BCUT2D eigenvalue weighted by Crippen LogP contribution is 2.31. The summed E-state index contributed by atoms with van der Waals surface area (Å²) in [7, 11) is 0. The van der Waals surface area contributed by atoms with E-state index in [4.69, 9.17) is 4.42 Å². The molecule has 3 fully saturated rings. The van der Waals surface area contributed by atoms with Crippen LogP contribution in [0, 0.1) is 5.92 Å². The Morgan fingerprint density at radius 3 is 2.67 bits per heavy atom. The SMILES string of the molecule is O=C(NC1CN2CCC1CC2)c1cc(Br)cc2oc(-c3ccccc3)nc12. The van der Waals surface area contributed by atoms with Gasteiger partial charge in [-0.05, 0) is 56.1 Å². The van der Waals surface area contributed by atoms with E-state index in [1.165, 1.54) is 12.8 Å². The van der Waals surface area contributed by atoms with Crippen LogP contribution in [-0.4, -0.2) is 41.5 Å². The van der Waals surface area contributed by atoms with Crippen LogP contribution in [0.15, 0.2) is 51.4 Å². The number of nitrogens with one attached hydrogen (secondary N) is 1. The fraction of sp³-hybridized carbons (Fsp3) is 0.333. The Bertz CT molecular complexity index is 993. The average molecular weight is 426 g/mol. The molecule has 3 saturated heterocycles. The molecule has 3 aliphatic rings. The maximum Gasteiger partial charge on any atom is 0.253 e. The fourth-order valence-corrected chi connectivity index (χ4v) is 4.68. The van der Waals surface area contributed by atoms with E-state index in [0.29, 0.717) is 28.5 Å². The summed E-state index contributed by atoms with van der Waals surface area (Å²) in [5, 5.41) is 3.25. The van der Waals surface area contributed by atoms with Crippen LogP contribution in [-0.2, 0) is 0 Å². The number of oxazole rings is 1. The summed E-state index contributed by atoms with van der Waals surface area (Å²) in [6, 6.07) is 13.7. The summed E-state index contributed by atoms with van der Waals surface area (Å²) < 4.78 is 6.75. The normalized spacial score (nSPS) is 24.3. The van der Waals surface area contributed by atoms with Crippen molar-refractivity contribution in [3.63, 3.8) is 0 Å². The van der Waals surface area contributed by atoms with E-state index in [-0.39, 0.29) is 11.9 Å². The number of hydrogen-bond donors (Lipinski definition) is 1. The molecule has 1 N–H and O–H groups in total. The highest BCUT2D eigenvalue weighted by atomic mass is 79.9. The molecule has 5 nitrogen and oxygen atoms in total. The van der Waals surface area contributed by atoms with Crippen molar-refractivity contribution in [3.8, 4) is 11.5 Å². The number of benzene rings is 2. The predicted molar refractivity (Wildman–Crippen MR) is 108 cm³/mol. The lowest BCUT2D eigenvalue weighted by Gasteiger charge is -2.44. The molecule has 3 aromatic rings. The summed E-state index contributed by atoms with van der Waals surface area (Å²) in [6.07, 6.45) is 2.34. The monoisotopic (exact) mass is 425 g/mol. The van der Waals surface area contributed by atoms with Crippen LogP contribution in [0.3, 0.4) is 0 Å². The molecule has 138 valence electrons. The number of aromatic nitrogens is 1. The van der Waals surface area contributed by atoms with Gasteiger partial charge >= 0.3 is 0 Å². The molecule has 1 atom stereocenters. The standard InChI is InChI=1S/C21H20BrN3O2/c22-15-10-16(20(26)23-17-12-25-8-6-13(17)7-9-25)19-18(11-15)27-21(24-19)14-4-2-1-3-5-14/h1-5,10-11,13,17H,6-9,12H2,(H,23,26). The fourth-order valence-electron chi connectivity index (χ4n) is 4.25. The van der Waals surface area contributed by atoms with Gasteiger partial charge < -0.3 is 14.6 Å². The molecular formula is C21H20BrN3O2. The van der Waals surface area contributed by atoms with E-state index in [1.807, 2.05) is 42.5 Å². The second kappa shape index (κ2) is 6.77. The van der Waals surface area contributed by atoms with Crippen LogP contribution in [0.25, 0.3) is 22.6 Å². The first-order chi connectivity index (χ1) is 13.2. The summed E-state index contributed by atoms with van der Waals surface area (Å²) in [6.45, 7) is 3.26. The Hall–Kier alpha value is -2.18. The Labute approximate surface area is 165 Å². The molecule has 1 amide bonds. The molecule has 1 aromatic heterocycles. The minimum Gasteiger partial charge on any atom is -0.436 e. The molecule has 2 aromatic carbocycles. The van der Waals surface area contributed by atoms with Gasteiger partial charge in [0.05, 0.1) is 5.56 Å². The summed E-state index contributed by atoms with van der Waals surface area (Å²) >= 11 is 3.50. The van der Waals surface area contributed by atoms with E-state index in [0.717, 1.165) is 29.7 Å². The third-order valence-electron chi connectivity index (χ3n) is 5.70. The van der Waals surface area contributed by atoms with E-state index in [1.54, 1.807) is 0 Å². The van der Waals surface area contributed by atoms with Crippen LogP contribution in [0.1, 0.15) is 23.2 Å². The average Bonchev–Trinajstić information content (AvgIpc) is 3.13. The first-order valence-corrected chi connectivity index (χ1v) is 10.2. The third-order valence-corrected chi connectivity index (χ3v) is 6.16. The van der Waals surface area contributed by atoms with Crippen molar-refractivity contribution in [2.75, 3.05) is 19.6 Å². The number of amides is 1. The summed E-state index contributed by atoms with van der Waals surface area (Å²) in [5.74, 6) is 1.03. The second-order valence-electron chi connectivity index (χ2n) is 7.40. The highest BCUT2D eigenvalue weighted by Gasteiger charge is 2.35. The first kappa shape index (κ1) is 17.0. The van der Waals surface area contributed by atoms with Crippen molar-refractivity contribution in [2.24, 2.45) is 5.92 Å². The maximum atomic E-state index is 13.1. The van der Waals surface area contributed by atoms with E-state index in [2.05, 4.69) is 31.1 Å². The van der Waals surface area contributed by atoms with Crippen LogP contribution in [0.4, 0.5) is 0 Å². The van der Waals surface area contributed by atoms with Crippen molar-refractivity contribution < 1.29 is 9.21 Å². The molecule has 6 rings (SSSR count). The minimum absolute atomic E-state index is 0.0760. The van der Waals surface area contributed by atoms with Crippen LogP contribution in [0.2, 0.25) is 0 Å². The zero-order valence-electron chi connectivity index (χ0n) is 14.8. The van der Waals surface area contributed by atoms with Crippen LogP contribution in [0.5, 0.6) is 0 Å². The lowest BCUT2D eigenvalue weighted by atomic mass is 9.84. The zero-order valence-corrected chi connectivity index (χ0v) is 16.4. The molecule has 1 unspecified atom stereocenters. The van der Waals surface area contributed by atoms with Gasteiger partial charge in [-0.15, -0.1) is 0 Å². The maximum absolute atomic E-state index is 13.1. The van der Waals surface area contributed by atoms with Gasteiger partial charge in [0, 0.05) is 22.6 Å². The highest BCUT2D eigenvalue weighted by molar-refractivity contribution is 9.10. The van der Waals surface area contributed by atoms with Crippen molar-refractivity contribution in [1.29, 1.82) is 0 Å². The van der Waals surface area contributed by atoms with E-state index in [9.17, 15) is 4.79 Å². The topological polar surface area (TPSA) is 58.4 Å². The van der Waals surface area contributed by atoms with Gasteiger partial charge in [0.2, 0.25) is 5.89 Å². The Balaban J connectivity index is 1.48. The van der Waals surface area contributed by atoms with Gasteiger partial charge in [-0.25, -0.2) is 4.98 Å². The van der Waals surface area contributed by atoms with Gasteiger partial charge in [0.15, 0.2) is 5.58 Å². The van der Waals surface area contributed by atoms with Crippen molar-refractivity contribution in [2.45, 2.75) is 18.9 Å². The van der Waals surface area contributed by atoms with E-state index < -0.39 is 0 Å². The molecule has 3 aliphatic heterocycles. The van der Waals surface area contributed by atoms with Gasteiger partial charge in [0.1, 0.15) is 5.52 Å². The van der Waals surface area contributed by atoms with Crippen molar-refractivity contribution in [3.05, 3.63) is 52.5 Å². The number of hydrogen-bond acceptors (Lipinski definition) is 4. The molecule has 2 bridgehead atoms. The number of rotatable bonds is 3. The molecule has 0 radical (unpaired) electrons. The lowest BCUT2D eigenvalue weighted by Crippen LogP contribution is -2.57. The lowest BCUT2D eigenvalue weighted by molar-refractivity contribution is 0.0621. The predicted octanol–water partition coefficient (Wildman–Crippen LogP) is 4.08. The number of halogens is 1. The second-order valence-corrected chi connectivity index (χ2v) is 8.32. The minimum atomic E-state index is -0.0760. The Morgan fingerprint density at radius 1 is 1.19 bits per heavy atom. The molecule has 27 heavy (non-hydrogen) atoms. The molecule has 6 heteroatoms. The molecule has 0 spiro atoms. The number of piperidine rings is 3.